The lowest BCUT2D eigenvalue weighted by atomic mass is 9.88. The topological polar surface area (TPSA) is 32.5 Å². The van der Waals surface area contributed by atoms with E-state index in [2.05, 4.69) is 28.5 Å². The molecule has 0 aliphatic carbocycles. The largest absolute Gasteiger partial charge is 0.329 e. The average molecular weight is 271 g/mol. The van der Waals surface area contributed by atoms with E-state index >= 15 is 0 Å². The summed E-state index contributed by atoms with van der Waals surface area (Å²) in [6, 6.07) is 0. The molecule has 2 aliphatic heterocycles. The molecule has 2 saturated heterocycles. The van der Waals surface area contributed by atoms with Crippen LogP contribution in [0.1, 0.15) is 32.6 Å². The molecule has 2 fully saturated rings. The fourth-order valence-corrected chi connectivity index (χ4v) is 4.31. The van der Waals surface area contributed by atoms with Gasteiger partial charge in [0.05, 0.1) is 0 Å². The van der Waals surface area contributed by atoms with Crippen LogP contribution in [-0.2, 0) is 0 Å². The molecule has 18 heavy (non-hydrogen) atoms. The molecule has 4 heteroatoms. The van der Waals surface area contributed by atoms with Gasteiger partial charge in [-0.05, 0) is 57.6 Å². The van der Waals surface area contributed by atoms with E-state index in [1.54, 1.807) is 0 Å². The van der Waals surface area contributed by atoms with Gasteiger partial charge in [0.2, 0.25) is 0 Å². The van der Waals surface area contributed by atoms with Gasteiger partial charge in [0.15, 0.2) is 0 Å². The highest BCUT2D eigenvalue weighted by molar-refractivity contribution is 7.99. The van der Waals surface area contributed by atoms with E-state index in [1.165, 1.54) is 69.9 Å². The third-order valence-electron chi connectivity index (χ3n) is 4.73. The van der Waals surface area contributed by atoms with Crippen LogP contribution < -0.4 is 5.73 Å². The van der Waals surface area contributed by atoms with E-state index in [1.807, 2.05) is 0 Å². The highest BCUT2D eigenvalue weighted by Crippen LogP contribution is 2.30. The lowest BCUT2D eigenvalue weighted by Gasteiger charge is -2.42. The van der Waals surface area contributed by atoms with E-state index in [0.717, 1.165) is 6.54 Å². The van der Waals surface area contributed by atoms with E-state index in [9.17, 15) is 0 Å². The molecule has 106 valence electrons. The molecule has 1 atom stereocenters. The fourth-order valence-electron chi connectivity index (χ4n) is 3.42. The van der Waals surface area contributed by atoms with Crippen molar-refractivity contribution in [1.29, 1.82) is 0 Å². The van der Waals surface area contributed by atoms with Gasteiger partial charge in [-0.3, -0.25) is 4.90 Å². The summed E-state index contributed by atoms with van der Waals surface area (Å²) in [4.78, 5) is 5.32. The molecule has 1 unspecified atom stereocenters. The van der Waals surface area contributed by atoms with Crippen LogP contribution in [0.15, 0.2) is 0 Å². The molecule has 0 amide bonds. The van der Waals surface area contributed by atoms with Gasteiger partial charge < -0.3 is 10.6 Å². The van der Waals surface area contributed by atoms with Crippen molar-refractivity contribution in [3.05, 3.63) is 0 Å². The Morgan fingerprint density at radius 2 is 1.94 bits per heavy atom. The standard InChI is InChI=1S/C14H29N3S/c1-2-16-7-3-5-14(13-15,6-9-16)17-8-4-11-18-12-10-17/h2-13,15H2,1H3. The number of rotatable bonds is 3. The Labute approximate surface area is 116 Å². The second-order valence-electron chi connectivity index (χ2n) is 5.67. The first-order chi connectivity index (χ1) is 8.80. The summed E-state index contributed by atoms with van der Waals surface area (Å²) in [5.41, 5.74) is 6.51. The van der Waals surface area contributed by atoms with Crippen LogP contribution in [0.5, 0.6) is 0 Å². The van der Waals surface area contributed by atoms with Crippen molar-refractivity contribution in [3.8, 4) is 0 Å². The maximum absolute atomic E-state index is 6.21. The summed E-state index contributed by atoms with van der Waals surface area (Å²) in [7, 11) is 0. The molecule has 3 nitrogen and oxygen atoms in total. The zero-order valence-corrected chi connectivity index (χ0v) is 12.7. The van der Waals surface area contributed by atoms with Crippen molar-refractivity contribution in [2.45, 2.75) is 38.1 Å². The first-order valence-electron chi connectivity index (χ1n) is 7.56. The first kappa shape index (κ1) is 14.6. The van der Waals surface area contributed by atoms with Crippen LogP contribution in [-0.4, -0.2) is 66.1 Å². The lowest BCUT2D eigenvalue weighted by Crippen LogP contribution is -2.55. The SMILES string of the molecule is CCN1CCCC(CN)(N2CCCSCC2)CC1. The number of nitrogens with two attached hydrogens (primary N) is 1. The van der Waals surface area contributed by atoms with Gasteiger partial charge in [-0.15, -0.1) is 0 Å². The van der Waals surface area contributed by atoms with Gasteiger partial charge in [0.25, 0.3) is 0 Å². The number of hydrogen-bond donors (Lipinski definition) is 1. The Kier molecular flexibility index (Phi) is 5.80. The fraction of sp³-hybridized carbons (Fsp3) is 1.00. The average Bonchev–Trinajstić information content (AvgIpc) is 2.79. The molecule has 0 saturated carbocycles. The Balaban J connectivity index is 2.03. The lowest BCUT2D eigenvalue weighted by molar-refractivity contribution is 0.0865. The molecule has 0 radical (unpaired) electrons. The molecule has 2 rings (SSSR count). The zero-order chi connectivity index (χ0) is 12.8. The van der Waals surface area contributed by atoms with Crippen LogP contribution in [0.25, 0.3) is 0 Å². The quantitative estimate of drug-likeness (QED) is 0.846. The van der Waals surface area contributed by atoms with Crippen molar-refractivity contribution in [2.24, 2.45) is 5.73 Å². The van der Waals surface area contributed by atoms with Crippen molar-refractivity contribution in [2.75, 3.05) is 50.8 Å². The third kappa shape index (κ3) is 3.41. The molecule has 0 bridgehead atoms. The summed E-state index contributed by atoms with van der Waals surface area (Å²) >= 11 is 2.11. The van der Waals surface area contributed by atoms with Crippen molar-refractivity contribution < 1.29 is 0 Å². The van der Waals surface area contributed by atoms with Crippen LogP contribution >= 0.6 is 11.8 Å². The van der Waals surface area contributed by atoms with Gasteiger partial charge in [-0.25, -0.2) is 0 Å². The van der Waals surface area contributed by atoms with Crippen molar-refractivity contribution in [1.82, 2.24) is 9.80 Å². The number of thioether (sulfide) groups is 1. The van der Waals surface area contributed by atoms with Crippen LogP contribution in [0.2, 0.25) is 0 Å². The highest BCUT2D eigenvalue weighted by atomic mass is 32.2. The summed E-state index contributed by atoms with van der Waals surface area (Å²) in [6.07, 6.45) is 5.21. The Hall–Kier alpha value is 0.230. The summed E-state index contributed by atoms with van der Waals surface area (Å²) in [5, 5.41) is 0. The minimum Gasteiger partial charge on any atom is -0.329 e. The summed E-state index contributed by atoms with van der Waals surface area (Å²) in [6.45, 7) is 9.31. The van der Waals surface area contributed by atoms with Gasteiger partial charge in [-0.1, -0.05) is 6.92 Å². The molecule has 2 heterocycles. The monoisotopic (exact) mass is 271 g/mol. The Morgan fingerprint density at radius 1 is 1.06 bits per heavy atom. The number of nitrogens with zero attached hydrogens (tertiary/aromatic N) is 2. The number of likely N-dealkylation sites (tertiary alicyclic amines) is 1. The predicted molar refractivity (Wildman–Crippen MR) is 81.3 cm³/mol. The molecule has 0 aromatic carbocycles. The second kappa shape index (κ2) is 7.13. The molecular formula is C14H29N3S. The molecule has 2 N–H and O–H groups in total. The Morgan fingerprint density at radius 3 is 2.72 bits per heavy atom. The van der Waals surface area contributed by atoms with E-state index in [0.29, 0.717) is 5.54 Å². The maximum atomic E-state index is 6.21. The normalized spacial score (nSPS) is 33.0. The van der Waals surface area contributed by atoms with Crippen molar-refractivity contribution in [3.63, 3.8) is 0 Å². The zero-order valence-electron chi connectivity index (χ0n) is 11.9. The highest BCUT2D eigenvalue weighted by Gasteiger charge is 2.36. The molecule has 0 aromatic heterocycles. The minimum atomic E-state index is 0.300. The second-order valence-corrected chi connectivity index (χ2v) is 6.89. The smallest absolute Gasteiger partial charge is 0.0344 e. The third-order valence-corrected chi connectivity index (χ3v) is 5.78. The minimum absolute atomic E-state index is 0.300. The van der Waals surface area contributed by atoms with E-state index < -0.39 is 0 Å². The maximum Gasteiger partial charge on any atom is 0.0344 e. The number of hydrogen-bond acceptors (Lipinski definition) is 4. The molecule has 0 aromatic rings. The van der Waals surface area contributed by atoms with E-state index in [-0.39, 0.29) is 0 Å². The molecular weight excluding hydrogens is 242 g/mol. The van der Waals surface area contributed by atoms with E-state index in [4.69, 9.17) is 5.73 Å². The first-order valence-corrected chi connectivity index (χ1v) is 8.71. The van der Waals surface area contributed by atoms with Crippen LogP contribution in [0.4, 0.5) is 0 Å². The van der Waals surface area contributed by atoms with Gasteiger partial charge >= 0.3 is 0 Å². The summed E-state index contributed by atoms with van der Waals surface area (Å²) in [5.74, 6) is 2.62. The van der Waals surface area contributed by atoms with Crippen LogP contribution in [0, 0.1) is 0 Å². The summed E-state index contributed by atoms with van der Waals surface area (Å²) < 4.78 is 0. The van der Waals surface area contributed by atoms with Crippen LogP contribution in [0.3, 0.4) is 0 Å². The van der Waals surface area contributed by atoms with Crippen molar-refractivity contribution >= 4 is 11.8 Å². The van der Waals surface area contributed by atoms with Gasteiger partial charge in [-0.2, -0.15) is 11.8 Å². The van der Waals surface area contributed by atoms with Gasteiger partial charge in [0.1, 0.15) is 0 Å². The predicted octanol–water partition coefficient (Wildman–Crippen LogP) is 1.63. The molecule has 2 aliphatic rings. The Bertz CT molecular complexity index is 241. The molecule has 0 spiro atoms. The van der Waals surface area contributed by atoms with Gasteiger partial charge in [0, 0.05) is 24.4 Å².